The van der Waals surface area contributed by atoms with Gasteiger partial charge < -0.3 is 18.6 Å². The SMILES string of the molecule is Cn1cc(C(F)(F)F)nc1-c1ncc(COc2nc(-c3c(OC(F)F)ncnc3C3CC3)nc3ccn(C)c23)cc1F. The lowest BCUT2D eigenvalue weighted by Crippen LogP contribution is -2.09. The van der Waals surface area contributed by atoms with Gasteiger partial charge in [0.15, 0.2) is 23.2 Å². The Hall–Kier alpha value is -4.76. The van der Waals surface area contributed by atoms with Crippen LogP contribution in [0.5, 0.6) is 11.8 Å². The normalized spacial score (nSPS) is 13.7. The first-order valence-corrected chi connectivity index (χ1v) is 12.5. The van der Waals surface area contributed by atoms with E-state index in [1.165, 1.54) is 13.2 Å². The van der Waals surface area contributed by atoms with Gasteiger partial charge in [0.25, 0.3) is 0 Å². The maximum atomic E-state index is 15.0. The maximum absolute atomic E-state index is 15.0. The summed E-state index contributed by atoms with van der Waals surface area (Å²) in [5.74, 6) is -1.49. The predicted octanol–water partition coefficient (Wildman–Crippen LogP) is 5.44. The molecule has 5 heterocycles. The zero-order valence-electron chi connectivity index (χ0n) is 21.9. The molecule has 218 valence electrons. The molecule has 0 atom stereocenters. The average Bonchev–Trinajstić information content (AvgIpc) is 3.60. The van der Waals surface area contributed by atoms with Crippen LogP contribution >= 0.6 is 0 Å². The Morgan fingerprint density at radius 3 is 2.48 bits per heavy atom. The summed E-state index contributed by atoms with van der Waals surface area (Å²) in [7, 11) is 3.03. The zero-order chi connectivity index (χ0) is 29.8. The molecule has 0 aliphatic heterocycles. The van der Waals surface area contributed by atoms with Crippen LogP contribution in [0.3, 0.4) is 0 Å². The number of aromatic nitrogens is 8. The number of alkyl halides is 5. The van der Waals surface area contributed by atoms with E-state index in [-0.39, 0.29) is 52.8 Å². The fourth-order valence-electron chi connectivity index (χ4n) is 4.50. The van der Waals surface area contributed by atoms with Gasteiger partial charge in [0.1, 0.15) is 29.7 Å². The molecular weight excluding hydrogens is 570 g/mol. The van der Waals surface area contributed by atoms with Crippen LogP contribution in [0.25, 0.3) is 33.9 Å². The molecule has 1 aliphatic rings. The van der Waals surface area contributed by atoms with Crippen molar-refractivity contribution < 1.29 is 35.8 Å². The fourth-order valence-corrected chi connectivity index (χ4v) is 4.50. The van der Waals surface area contributed by atoms with Gasteiger partial charge >= 0.3 is 12.8 Å². The summed E-state index contributed by atoms with van der Waals surface area (Å²) in [6.07, 6.45) is 1.75. The number of fused-ring (bicyclic) bond motifs is 1. The molecule has 0 N–H and O–H groups in total. The molecule has 0 amide bonds. The van der Waals surface area contributed by atoms with Crippen molar-refractivity contribution in [1.82, 2.24) is 39.0 Å². The topological polar surface area (TPSA) is 106 Å². The molecule has 5 aromatic heterocycles. The van der Waals surface area contributed by atoms with Crippen LogP contribution in [0, 0.1) is 5.82 Å². The number of rotatable bonds is 8. The van der Waals surface area contributed by atoms with E-state index in [1.807, 2.05) is 0 Å². The number of pyridine rings is 1. The number of nitrogens with zero attached hydrogens (tertiary/aromatic N) is 8. The molecule has 0 aromatic carbocycles. The average molecular weight is 590 g/mol. The molecule has 1 aliphatic carbocycles. The molecule has 0 unspecified atom stereocenters. The summed E-state index contributed by atoms with van der Waals surface area (Å²) in [5.41, 5.74) is 0.212. The lowest BCUT2D eigenvalue weighted by Gasteiger charge is -2.14. The van der Waals surface area contributed by atoms with E-state index in [9.17, 15) is 22.0 Å². The maximum Gasteiger partial charge on any atom is 0.434 e. The molecule has 0 bridgehead atoms. The van der Waals surface area contributed by atoms with Crippen LogP contribution in [0.4, 0.5) is 26.3 Å². The quantitative estimate of drug-likeness (QED) is 0.220. The van der Waals surface area contributed by atoms with Crippen molar-refractivity contribution in [3.05, 3.63) is 59.8 Å². The summed E-state index contributed by atoms with van der Waals surface area (Å²) in [6, 6.07) is 2.75. The van der Waals surface area contributed by atoms with Gasteiger partial charge in [-0.15, -0.1) is 0 Å². The van der Waals surface area contributed by atoms with Crippen molar-refractivity contribution in [3.63, 3.8) is 0 Å². The first-order chi connectivity index (χ1) is 20.0. The standard InChI is InChI=1S/C26H20F6N8O2/c1-39-6-5-15-20(39)24(38-21(36-15)17-18(13-3-4-13)34-11-35-23(17)42-25(28)29)41-10-12-7-14(27)19(33-8-12)22-37-16(9-40(22)2)26(30,31)32/h5-9,11,13,25H,3-4,10H2,1-2H3. The van der Waals surface area contributed by atoms with Gasteiger partial charge in [-0.3, -0.25) is 0 Å². The van der Waals surface area contributed by atoms with Gasteiger partial charge in [0.2, 0.25) is 11.8 Å². The number of halogens is 6. The Morgan fingerprint density at radius 1 is 1.02 bits per heavy atom. The molecule has 6 rings (SSSR count). The fraction of sp³-hybridized carbons (Fsp3) is 0.308. The number of hydrogen-bond donors (Lipinski definition) is 0. The Morgan fingerprint density at radius 2 is 1.81 bits per heavy atom. The van der Waals surface area contributed by atoms with Crippen LogP contribution in [-0.4, -0.2) is 45.6 Å². The first kappa shape index (κ1) is 27.4. The molecule has 42 heavy (non-hydrogen) atoms. The van der Waals surface area contributed by atoms with Gasteiger partial charge in [-0.1, -0.05) is 0 Å². The van der Waals surface area contributed by atoms with Crippen LogP contribution in [-0.2, 0) is 26.9 Å². The highest BCUT2D eigenvalue weighted by Gasteiger charge is 2.35. The number of ether oxygens (including phenoxy) is 2. The van der Waals surface area contributed by atoms with Crippen LogP contribution in [0.15, 0.2) is 37.1 Å². The van der Waals surface area contributed by atoms with E-state index < -0.39 is 24.3 Å². The second kappa shape index (κ2) is 10.3. The van der Waals surface area contributed by atoms with E-state index in [4.69, 9.17) is 4.74 Å². The summed E-state index contributed by atoms with van der Waals surface area (Å²) >= 11 is 0. The summed E-state index contributed by atoms with van der Waals surface area (Å²) in [5, 5.41) is 0. The largest absolute Gasteiger partial charge is 0.471 e. The van der Waals surface area contributed by atoms with Crippen molar-refractivity contribution in [2.75, 3.05) is 0 Å². The summed E-state index contributed by atoms with van der Waals surface area (Å²) < 4.78 is 93.9. The first-order valence-electron chi connectivity index (χ1n) is 12.5. The molecular formula is C26H20F6N8O2. The number of hydrogen-bond acceptors (Lipinski definition) is 8. The predicted molar refractivity (Wildman–Crippen MR) is 134 cm³/mol. The molecule has 0 saturated heterocycles. The minimum absolute atomic E-state index is 0.0109. The second-order valence-electron chi connectivity index (χ2n) is 9.63. The number of aryl methyl sites for hydroxylation is 2. The molecule has 10 nitrogen and oxygen atoms in total. The zero-order valence-corrected chi connectivity index (χ0v) is 21.9. The van der Waals surface area contributed by atoms with E-state index in [1.54, 1.807) is 23.9 Å². The highest BCUT2D eigenvalue weighted by atomic mass is 19.4. The van der Waals surface area contributed by atoms with E-state index in [2.05, 4.69) is 34.6 Å². The third-order valence-corrected chi connectivity index (χ3v) is 6.57. The summed E-state index contributed by atoms with van der Waals surface area (Å²) in [6.45, 7) is -3.38. The Kier molecular flexibility index (Phi) is 6.69. The van der Waals surface area contributed by atoms with Gasteiger partial charge in [0, 0.05) is 44.2 Å². The minimum atomic E-state index is -4.70. The second-order valence-corrected chi connectivity index (χ2v) is 9.63. The minimum Gasteiger partial charge on any atom is -0.471 e. The van der Waals surface area contributed by atoms with Gasteiger partial charge in [-0.2, -0.15) is 26.9 Å². The van der Waals surface area contributed by atoms with Crippen molar-refractivity contribution in [2.24, 2.45) is 14.1 Å². The highest BCUT2D eigenvalue weighted by Crippen LogP contribution is 2.45. The van der Waals surface area contributed by atoms with Crippen molar-refractivity contribution in [1.29, 1.82) is 0 Å². The monoisotopic (exact) mass is 590 g/mol. The van der Waals surface area contributed by atoms with Crippen molar-refractivity contribution in [2.45, 2.75) is 38.2 Å². The van der Waals surface area contributed by atoms with Gasteiger partial charge in [-0.05, 0) is 25.0 Å². The number of imidazole rings is 1. The Balaban J connectivity index is 1.34. The van der Waals surface area contributed by atoms with E-state index in [0.29, 0.717) is 16.7 Å². The highest BCUT2D eigenvalue weighted by molar-refractivity contribution is 5.83. The third kappa shape index (κ3) is 5.19. The molecule has 0 spiro atoms. The molecule has 1 saturated carbocycles. The van der Waals surface area contributed by atoms with E-state index >= 15 is 4.39 Å². The van der Waals surface area contributed by atoms with Crippen LogP contribution in [0.1, 0.15) is 35.7 Å². The van der Waals surface area contributed by atoms with Crippen LogP contribution < -0.4 is 9.47 Å². The van der Waals surface area contributed by atoms with Gasteiger partial charge in [-0.25, -0.2) is 29.3 Å². The van der Waals surface area contributed by atoms with Gasteiger partial charge in [0.05, 0.1) is 11.2 Å². The molecule has 0 radical (unpaired) electrons. The van der Waals surface area contributed by atoms with E-state index in [0.717, 1.165) is 36.0 Å². The molecule has 1 fully saturated rings. The Labute approximate surface area is 233 Å². The smallest absolute Gasteiger partial charge is 0.434 e. The molecule has 16 heteroatoms. The lowest BCUT2D eigenvalue weighted by molar-refractivity contribution is -0.140. The summed E-state index contributed by atoms with van der Waals surface area (Å²) in [4.78, 5) is 24.6. The lowest BCUT2D eigenvalue weighted by atomic mass is 10.1. The molecule has 5 aromatic rings. The third-order valence-electron chi connectivity index (χ3n) is 6.57. The Bertz CT molecular complexity index is 1800. The van der Waals surface area contributed by atoms with Crippen molar-refractivity contribution in [3.8, 4) is 34.7 Å². The van der Waals surface area contributed by atoms with Crippen molar-refractivity contribution >= 4 is 11.0 Å². The van der Waals surface area contributed by atoms with Crippen LogP contribution in [0.2, 0.25) is 0 Å².